The number of hydrogen-bond donors (Lipinski definition) is 1. The van der Waals surface area contributed by atoms with Crippen molar-refractivity contribution in [2.45, 2.75) is 25.2 Å². The number of rotatable bonds is 9. The summed E-state index contributed by atoms with van der Waals surface area (Å²) in [4.78, 5) is 16.5. The molecule has 33 heavy (non-hydrogen) atoms. The fourth-order valence-corrected chi connectivity index (χ4v) is 3.80. The molecule has 4 aromatic rings. The molecule has 0 saturated heterocycles. The Morgan fingerprint density at radius 3 is 2.24 bits per heavy atom. The Bertz CT molecular complexity index is 1150. The molecule has 168 valence electrons. The molecule has 3 aromatic carbocycles. The second kappa shape index (κ2) is 10.7. The van der Waals surface area contributed by atoms with Gasteiger partial charge in [-0.1, -0.05) is 60.7 Å². The zero-order chi connectivity index (χ0) is 23.0. The summed E-state index contributed by atoms with van der Waals surface area (Å²) in [6, 6.07) is 23.7. The van der Waals surface area contributed by atoms with E-state index in [0.29, 0.717) is 12.4 Å². The minimum atomic E-state index is -0.721. The Balaban J connectivity index is 1.30. The highest BCUT2D eigenvalue weighted by molar-refractivity contribution is 5.76. The van der Waals surface area contributed by atoms with Crippen LogP contribution in [0.25, 0.3) is 11.3 Å². The number of carbonyl (C=O) groups excluding carboxylic acids is 1. The van der Waals surface area contributed by atoms with E-state index in [1.165, 1.54) is 23.4 Å². The fraction of sp³-hybridized carbons (Fsp3) is 0.185. The molecule has 0 unspecified atom stereocenters. The Hall–Kier alpha value is -3.80. The van der Waals surface area contributed by atoms with Crippen molar-refractivity contribution in [3.05, 3.63) is 114 Å². The van der Waals surface area contributed by atoms with Crippen molar-refractivity contribution in [2.75, 3.05) is 6.54 Å². The van der Waals surface area contributed by atoms with Crippen molar-refractivity contribution in [2.24, 2.45) is 0 Å². The lowest BCUT2D eigenvalue weighted by Gasteiger charge is -2.18. The Labute approximate surface area is 191 Å². The average molecular weight is 446 g/mol. The number of hydrogen-bond acceptors (Lipinski definition) is 3. The zero-order valence-electron chi connectivity index (χ0n) is 18.0. The lowest BCUT2D eigenvalue weighted by Crippen LogP contribution is -2.26. The van der Waals surface area contributed by atoms with E-state index in [1.807, 2.05) is 36.4 Å². The van der Waals surface area contributed by atoms with E-state index in [-0.39, 0.29) is 36.0 Å². The molecule has 0 bridgehead atoms. The number of benzene rings is 3. The molecule has 1 amide bonds. The lowest BCUT2D eigenvalue weighted by molar-refractivity contribution is -0.121. The van der Waals surface area contributed by atoms with E-state index < -0.39 is 11.6 Å². The smallest absolute Gasteiger partial charge is 0.220 e. The first-order valence-electron chi connectivity index (χ1n) is 10.9. The Kier molecular flexibility index (Phi) is 7.25. The molecular weight excluding hydrogens is 422 g/mol. The predicted molar refractivity (Wildman–Crippen MR) is 123 cm³/mol. The molecular formula is C27H24F2N2O2. The number of amides is 1. The largest absolute Gasteiger partial charge is 0.441 e. The normalized spacial score (nSPS) is 11.0. The van der Waals surface area contributed by atoms with Gasteiger partial charge in [0, 0.05) is 31.4 Å². The van der Waals surface area contributed by atoms with E-state index in [2.05, 4.69) is 34.6 Å². The summed E-state index contributed by atoms with van der Waals surface area (Å²) in [6.07, 6.45) is 2.64. The molecule has 0 fully saturated rings. The number of nitrogens with zero attached hydrogens (tertiary/aromatic N) is 1. The maximum absolute atomic E-state index is 13.9. The molecule has 0 atom stereocenters. The van der Waals surface area contributed by atoms with Crippen LogP contribution in [0.2, 0.25) is 0 Å². The number of nitrogens with one attached hydrogen (secondary N) is 1. The molecule has 0 aliphatic rings. The van der Waals surface area contributed by atoms with Crippen molar-refractivity contribution in [1.29, 1.82) is 0 Å². The predicted octanol–water partition coefficient (Wildman–Crippen LogP) is 5.89. The van der Waals surface area contributed by atoms with E-state index in [4.69, 9.17) is 4.42 Å². The standard InChI is InChI=1S/C27H24F2N2O2/c28-21-11-12-23(24(29)17-21)25-18-31-27(33-25)14-13-26(32)30-16-15-22(19-7-3-1-4-8-19)20-9-5-2-6-10-20/h1-12,17-18,22H,13-16H2,(H,30,32). The van der Waals surface area contributed by atoms with Crippen LogP contribution in [-0.4, -0.2) is 17.4 Å². The van der Waals surface area contributed by atoms with Crippen molar-refractivity contribution >= 4 is 5.91 Å². The van der Waals surface area contributed by atoms with E-state index in [1.54, 1.807) is 0 Å². The average Bonchev–Trinajstić information content (AvgIpc) is 3.30. The van der Waals surface area contributed by atoms with Gasteiger partial charge in [0.15, 0.2) is 11.7 Å². The van der Waals surface area contributed by atoms with Crippen LogP contribution >= 0.6 is 0 Å². The van der Waals surface area contributed by atoms with Crippen molar-refractivity contribution < 1.29 is 18.0 Å². The molecule has 1 aromatic heterocycles. The van der Waals surface area contributed by atoms with Gasteiger partial charge in [0.05, 0.1) is 11.8 Å². The zero-order valence-corrected chi connectivity index (χ0v) is 18.0. The van der Waals surface area contributed by atoms with Crippen LogP contribution in [-0.2, 0) is 11.2 Å². The number of aromatic nitrogens is 1. The Morgan fingerprint density at radius 1 is 0.939 bits per heavy atom. The van der Waals surface area contributed by atoms with E-state index in [0.717, 1.165) is 18.6 Å². The van der Waals surface area contributed by atoms with Gasteiger partial charge in [-0.15, -0.1) is 0 Å². The SMILES string of the molecule is O=C(CCc1ncc(-c2ccc(F)cc2F)o1)NCCC(c1ccccc1)c1ccccc1. The molecule has 4 nitrogen and oxygen atoms in total. The first-order chi connectivity index (χ1) is 16.1. The lowest BCUT2D eigenvalue weighted by atomic mass is 9.88. The first-order valence-corrected chi connectivity index (χ1v) is 10.9. The van der Waals surface area contributed by atoms with Crippen molar-refractivity contribution in [3.8, 4) is 11.3 Å². The van der Waals surface area contributed by atoms with E-state index >= 15 is 0 Å². The van der Waals surface area contributed by atoms with Crippen LogP contribution in [0, 0.1) is 11.6 Å². The number of carbonyl (C=O) groups is 1. The third kappa shape index (κ3) is 5.92. The molecule has 0 aliphatic heterocycles. The minimum Gasteiger partial charge on any atom is -0.441 e. The summed E-state index contributed by atoms with van der Waals surface area (Å²) in [6.45, 7) is 0.533. The molecule has 0 saturated carbocycles. The van der Waals surface area contributed by atoms with Crippen LogP contribution in [0.3, 0.4) is 0 Å². The number of oxazole rings is 1. The first kappa shape index (κ1) is 22.4. The van der Waals surface area contributed by atoms with Gasteiger partial charge in [0.2, 0.25) is 5.91 Å². The number of halogens is 2. The molecule has 1 heterocycles. The third-order valence-corrected chi connectivity index (χ3v) is 5.48. The van der Waals surface area contributed by atoms with Crippen LogP contribution in [0.15, 0.2) is 89.5 Å². The molecule has 0 aliphatic carbocycles. The molecule has 1 N–H and O–H groups in total. The maximum Gasteiger partial charge on any atom is 0.220 e. The summed E-state index contributed by atoms with van der Waals surface area (Å²) < 4.78 is 32.6. The summed E-state index contributed by atoms with van der Waals surface area (Å²) in [5.41, 5.74) is 2.55. The third-order valence-electron chi connectivity index (χ3n) is 5.48. The topological polar surface area (TPSA) is 55.1 Å². The van der Waals surface area contributed by atoms with Gasteiger partial charge >= 0.3 is 0 Å². The summed E-state index contributed by atoms with van der Waals surface area (Å²) in [5, 5.41) is 2.97. The van der Waals surface area contributed by atoms with Crippen LogP contribution < -0.4 is 5.32 Å². The van der Waals surface area contributed by atoms with Crippen molar-refractivity contribution in [1.82, 2.24) is 10.3 Å². The highest BCUT2D eigenvalue weighted by Crippen LogP contribution is 2.27. The maximum atomic E-state index is 13.9. The fourth-order valence-electron chi connectivity index (χ4n) is 3.80. The molecule has 0 spiro atoms. The molecule has 0 radical (unpaired) electrons. The Morgan fingerprint density at radius 2 is 1.61 bits per heavy atom. The van der Waals surface area contributed by atoms with Crippen LogP contribution in [0.5, 0.6) is 0 Å². The van der Waals surface area contributed by atoms with Gasteiger partial charge in [0.1, 0.15) is 11.6 Å². The monoisotopic (exact) mass is 446 g/mol. The molecule has 6 heteroatoms. The summed E-state index contributed by atoms with van der Waals surface area (Å²) in [5.74, 6) is -0.766. The molecule has 4 rings (SSSR count). The van der Waals surface area contributed by atoms with Gasteiger partial charge in [-0.3, -0.25) is 4.79 Å². The summed E-state index contributed by atoms with van der Waals surface area (Å²) in [7, 11) is 0. The van der Waals surface area contributed by atoms with Gasteiger partial charge in [-0.2, -0.15) is 0 Å². The van der Waals surface area contributed by atoms with Crippen molar-refractivity contribution in [3.63, 3.8) is 0 Å². The minimum absolute atomic E-state index is 0.109. The van der Waals surface area contributed by atoms with Crippen LogP contribution in [0.1, 0.15) is 35.8 Å². The highest BCUT2D eigenvalue weighted by Gasteiger charge is 2.15. The second-order valence-corrected chi connectivity index (χ2v) is 7.75. The van der Waals surface area contributed by atoms with Gasteiger partial charge < -0.3 is 9.73 Å². The quantitative estimate of drug-likeness (QED) is 0.349. The van der Waals surface area contributed by atoms with Crippen LogP contribution in [0.4, 0.5) is 8.78 Å². The van der Waals surface area contributed by atoms with Gasteiger partial charge in [0.25, 0.3) is 0 Å². The highest BCUT2D eigenvalue weighted by atomic mass is 19.1. The second-order valence-electron chi connectivity index (χ2n) is 7.75. The van der Waals surface area contributed by atoms with E-state index in [9.17, 15) is 13.6 Å². The van der Waals surface area contributed by atoms with Gasteiger partial charge in [-0.05, 0) is 29.7 Å². The number of aryl methyl sites for hydroxylation is 1. The summed E-state index contributed by atoms with van der Waals surface area (Å²) >= 11 is 0. The van der Waals surface area contributed by atoms with Gasteiger partial charge in [-0.25, -0.2) is 13.8 Å².